The van der Waals surface area contributed by atoms with E-state index in [9.17, 15) is 9.90 Å². The summed E-state index contributed by atoms with van der Waals surface area (Å²) in [6.45, 7) is 3.78. The smallest absolute Gasteiger partial charge is 0.262 e. The number of hydrogen-bond donors (Lipinski definition) is 2. The van der Waals surface area contributed by atoms with Gasteiger partial charge >= 0.3 is 0 Å². The van der Waals surface area contributed by atoms with Crippen LogP contribution in [-0.4, -0.2) is 17.6 Å². The SMILES string of the molecule is CCCCCCCCCCCCCc1ccc(OCC(=O)Nc2cc(Cl)c(C)c(Cl)c2O)cc1. The van der Waals surface area contributed by atoms with E-state index in [1.807, 2.05) is 12.1 Å². The average Bonchev–Trinajstić information content (AvgIpc) is 2.84. The minimum Gasteiger partial charge on any atom is -0.504 e. The van der Waals surface area contributed by atoms with Gasteiger partial charge in [0.2, 0.25) is 0 Å². The van der Waals surface area contributed by atoms with Crippen molar-refractivity contribution in [2.45, 2.75) is 90.9 Å². The summed E-state index contributed by atoms with van der Waals surface area (Å²) in [7, 11) is 0. The first-order chi connectivity index (χ1) is 16.4. The van der Waals surface area contributed by atoms with E-state index in [0.717, 1.165) is 6.42 Å². The van der Waals surface area contributed by atoms with Gasteiger partial charge in [-0.05, 0) is 49.1 Å². The maximum absolute atomic E-state index is 12.2. The van der Waals surface area contributed by atoms with Crippen molar-refractivity contribution in [3.8, 4) is 11.5 Å². The second-order valence-electron chi connectivity index (χ2n) is 8.96. The largest absolute Gasteiger partial charge is 0.504 e. The molecule has 0 unspecified atom stereocenters. The van der Waals surface area contributed by atoms with Crippen molar-refractivity contribution < 1.29 is 14.6 Å². The van der Waals surface area contributed by atoms with Gasteiger partial charge in [0.1, 0.15) is 5.75 Å². The normalized spacial score (nSPS) is 10.9. The Labute approximate surface area is 215 Å². The average molecular weight is 509 g/mol. The van der Waals surface area contributed by atoms with Gasteiger partial charge in [-0.25, -0.2) is 0 Å². The number of anilines is 1. The second kappa shape index (κ2) is 15.9. The highest BCUT2D eigenvalue weighted by Crippen LogP contribution is 2.38. The van der Waals surface area contributed by atoms with Gasteiger partial charge in [0, 0.05) is 5.02 Å². The summed E-state index contributed by atoms with van der Waals surface area (Å²) < 4.78 is 5.57. The van der Waals surface area contributed by atoms with Gasteiger partial charge in [0.05, 0.1) is 10.7 Å². The number of phenols is 1. The molecular formula is C28H39Cl2NO3. The molecule has 6 heteroatoms. The van der Waals surface area contributed by atoms with Gasteiger partial charge in [-0.15, -0.1) is 0 Å². The molecule has 0 saturated carbocycles. The van der Waals surface area contributed by atoms with Gasteiger partial charge < -0.3 is 15.2 Å². The molecule has 2 rings (SSSR count). The van der Waals surface area contributed by atoms with Crippen LogP contribution in [0.1, 0.15) is 88.7 Å². The number of hydrogen-bond acceptors (Lipinski definition) is 3. The Morgan fingerprint density at radius 1 is 0.912 bits per heavy atom. The Morgan fingerprint density at radius 2 is 1.47 bits per heavy atom. The number of carbonyl (C=O) groups is 1. The Morgan fingerprint density at radius 3 is 2.06 bits per heavy atom. The fraction of sp³-hybridized carbons (Fsp3) is 0.536. The maximum Gasteiger partial charge on any atom is 0.262 e. The first-order valence-corrected chi connectivity index (χ1v) is 13.4. The predicted octanol–water partition coefficient (Wildman–Crippen LogP) is 8.88. The van der Waals surface area contributed by atoms with Crippen molar-refractivity contribution in [1.29, 1.82) is 0 Å². The Bertz CT molecular complexity index is 884. The number of benzene rings is 2. The van der Waals surface area contributed by atoms with Gasteiger partial charge in [-0.3, -0.25) is 4.79 Å². The number of aryl methyl sites for hydroxylation is 1. The van der Waals surface area contributed by atoms with E-state index in [4.69, 9.17) is 27.9 Å². The quantitative estimate of drug-likeness (QED) is 0.176. The summed E-state index contributed by atoms with van der Waals surface area (Å²) in [5, 5.41) is 13.2. The maximum atomic E-state index is 12.2. The minimum absolute atomic E-state index is 0.122. The predicted molar refractivity (Wildman–Crippen MR) is 144 cm³/mol. The zero-order valence-electron chi connectivity index (χ0n) is 20.6. The summed E-state index contributed by atoms with van der Waals surface area (Å²) in [4.78, 5) is 12.2. The lowest BCUT2D eigenvalue weighted by Gasteiger charge is -2.12. The molecule has 188 valence electrons. The molecular weight excluding hydrogens is 469 g/mol. The van der Waals surface area contributed by atoms with E-state index in [1.54, 1.807) is 6.92 Å². The zero-order valence-corrected chi connectivity index (χ0v) is 22.1. The van der Waals surface area contributed by atoms with Crippen molar-refractivity contribution in [3.05, 3.63) is 51.5 Å². The third-order valence-corrected chi connectivity index (χ3v) is 6.91. The highest BCUT2D eigenvalue weighted by Gasteiger charge is 2.15. The first kappa shape index (κ1) is 28.3. The van der Waals surface area contributed by atoms with Crippen LogP contribution in [0.2, 0.25) is 10.0 Å². The summed E-state index contributed by atoms with van der Waals surface area (Å²) >= 11 is 12.1. The summed E-state index contributed by atoms with van der Waals surface area (Å²) in [5.74, 6) is 0.0158. The number of nitrogens with one attached hydrogen (secondary N) is 1. The van der Waals surface area contributed by atoms with Crippen LogP contribution in [0.3, 0.4) is 0 Å². The van der Waals surface area contributed by atoms with Crippen LogP contribution in [0.15, 0.2) is 30.3 Å². The number of carbonyl (C=O) groups excluding carboxylic acids is 1. The van der Waals surface area contributed by atoms with E-state index in [1.165, 1.54) is 82.3 Å². The standard InChI is InChI=1S/C28H39Cl2NO3/c1-3-4-5-6-7-8-9-10-11-12-13-14-22-15-17-23(18-16-22)34-20-26(32)31-25-19-24(29)21(2)27(30)28(25)33/h15-19,33H,3-14,20H2,1-2H3,(H,31,32). The molecule has 0 aromatic heterocycles. The van der Waals surface area contributed by atoms with E-state index in [-0.39, 0.29) is 23.1 Å². The third kappa shape index (κ3) is 10.1. The number of rotatable bonds is 16. The fourth-order valence-electron chi connectivity index (χ4n) is 3.88. The summed E-state index contributed by atoms with van der Waals surface area (Å²) in [5.41, 5.74) is 2.00. The highest BCUT2D eigenvalue weighted by atomic mass is 35.5. The molecule has 0 aliphatic rings. The Kier molecular flexibility index (Phi) is 13.2. The molecule has 0 saturated heterocycles. The van der Waals surface area contributed by atoms with E-state index < -0.39 is 5.91 Å². The molecule has 0 aliphatic heterocycles. The van der Waals surface area contributed by atoms with Gasteiger partial charge in [0.15, 0.2) is 12.4 Å². The number of amides is 1. The lowest BCUT2D eigenvalue weighted by atomic mass is 10.0. The van der Waals surface area contributed by atoms with E-state index in [2.05, 4.69) is 24.4 Å². The van der Waals surface area contributed by atoms with Gasteiger partial charge in [0.25, 0.3) is 5.91 Å². The second-order valence-corrected chi connectivity index (χ2v) is 9.75. The van der Waals surface area contributed by atoms with Crippen molar-refractivity contribution >= 4 is 34.8 Å². The molecule has 0 fully saturated rings. The van der Waals surface area contributed by atoms with Crippen molar-refractivity contribution in [2.24, 2.45) is 0 Å². The molecule has 0 aliphatic carbocycles. The van der Waals surface area contributed by atoms with Crippen LogP contribution in [0.5, 0.6) is 11.5 Å². The molecule has 0 bridgehead atoms. The van der Waals surface area contributed by atoms with Crippen LogP contribution < -0.4 is 10.1 Å². The number of ether oxygens (including phenoxy) is 1. The van der Waals surface area contributed by atoms with E-state index >= 15 is 0 Å². The van der Waals surface area contributed by atoms with Crippen molar-refractivity contribution in [1.82, 2.24) is 0 Å². The lowest BCUT2D eigenvalue weighted by Crippen LogP contribution is -2.20. The molecule has 4 nitrogen and oxygen atoms in total. The molecule has 2 aromatic rings. The zero-order chi connectivity index (χ0) is 24.8. The fourth-order valence-corrected chi connectivity index (χ4v) is 4.34. The lowest BCUT2D eigenvalue weighted by molar-refractivity contribution is -0.118. The highest BCUT2D eigenvalue weighted by molar-refractivity contribution is 6.37. The Hall–Kier alpha value is -1.91. The van der Waals surface area contributed by atoms with Crippen molar-refractivity contribution in [3.63, 3.8) is 0 Å². The first-order valence-electron chi connectivity index (χ1n) is 12.6. The number of unbranched alkanes of at least 4 members (excludes halogenated alkanes) is 10. The minimum atomic E-state index is -0.406. The number of phenolic OH excluding ortho intramolecular Hbond substituents is 1. The van der Waals surface area contributed by atoms with Crippen LogP contribution in [0.25, 0.3) is 0 Å². The molecule has 34 heavy (non-hydrogen) atoms. The van der Waals surface area contributed by atoms with Crippen LogP contribution in [-0.2, 0) is 11.2 Å². The molecule has 0 spiro atoms. The number of halogens is 2. The molecule has 0 radical (unpaired) electrons. The summed E-state index contributed by atoms with van der Waals surface area (Å²) in [6.07, 6.45) is 15.9. The van der Waals surface area contributed by atoms with Crippen LogP contribution in [0, 0.1) is 6.92 Å². The molecule has 0 heterocycles. The molecule has 1 amide bonds. The topological polar surface area (TPSA) is 58.6 Å². The van der Waals surface area contributed by atoms with Crippen LogP contribution >= 0.6 is 23.2 Å². The Balaban J connectivity index is 1.61. The molecule has 2 aromatic carbocycles. The van der Waals surface area contributed by atoms with Crippen molar-refractivity contribution in [2.75, 3.05) is 11.9 Å². The molecule has 2 N–H and O–H groups in total. The monoisotopic (exact) mass is 507 g/mol. The van der Waals surface area contributed by atoms with Gasteiger partial charge in [-0.2, -0.15) is 0 Å². The number of aromatic hydroxyl groups is 1. The van der Waals surface area contributed by atoms with Gasteiger partial charge in [-0.1, -0.05) is 106 Å². The summed E-state index contributed by atoms with van der Waals surface area (Å²) in [6, 6.07) is 9.35. The third-order valence-electron chi connectivity index (χ3n) is 6.06. The van der Waals surface area contributed by atoms with Crippen LogP contribution in [0.4, 0.5) is 5.69 Å². The van der Waals surface area contributed by atoms with E-state index in [0.29, 0.717) is 16.3 Å². The molecule has 0 atom stereocenters.